The van der Waals surface area contributed by atoms with Crippen LogP contribution in [0.2, 0.25) is 5.28 Å². The van der Waals surface area contributed by atoms with Crippen molar-refractivity contribution in [3.8, 4) is 0 Å². The quantitative estimate of drug-likeness (QED) is 0.830. The molecule has 1 fully saturated rings. The number of halogens is 1. The molecule has 2 rings (SSSR count). The van der Waals surface area contributed by atoms with Gasteiger partial charge in [0, 0.05) is 12.7 Å². The number of aromatic nitrogens is 2. The van der Waals surface area contributed by atoms with E-state index in [0.717, 1.165) is 25.9 Å². The molecular weight excluding hydrogens is 256 g/mol. The fraction of sp³-hybridized carbons (Fsp3) is 0.545. The molecule has 0 aliphatic carbocycles. The Morgan fingerprint density at radius 1 is 1.67 bits per heavy atom. The van der Waals surface area contributed by atoms with Crippen molar-refractivity contribution in [3.05, 3.63) is 17.5 Å². The summed E-state index contributed by atoms with van der Waals surface area (Å²) >= 11 is 5.62. The highest BCUT2D eigenvalue weighted by molar-refractivity contribution is 6.28. The molecule has 18 heavy (non-hydrogen) atoms. The van der Waals surface area contributed by atoms with Gasteiger partial charge in [-0.3, -0.25) is 5.32 Å². The molecule has 1 saturated heterocycles. The molecule has 0 spiro atoms. The Kier molecular flexibility index (Phi) is 4.33. The van der Waals surface area contributed by atoms with Gasteiger partial charge < -0.3 is 9.64 Å². The number of nitrogens with one attached hydrogen (secondary N) is 1. The zero-order valence-electron chi connectivity index (χ0n) is 10.1. The minimum Gasteiger partial charge on any atom is -0.445 e. The Bertz CT molecular complexity index is 429. The maximum absolute atomic E-state index is 11.6. The molecule has 0 saturated carbocycles. The molecule has 0 aromatic carbocycles. The van der Waals surface area contributed by atoms with E-state index in [9.17, 15) is 4.79 Å². The molecular formula is C11H15ClN4O2. The molecule has 1 aliphatic heterocycles. The van der Waals surface area contributed by atoms with Crippen LogP contribution in [0.4, 0.5) is 10.6 Å². The van der Waals surface area contributed by atoms with E-state index in [-0.39, 0.29) is 11.4 Å². The molecule has 1 amide bonds. The van der Waals surface area contributed by atoms with Crippen LogP contribution in [0.15, 0.2) is 12.3 Å². The predicted molar refractivity (Wildman–Crippen MR) is 67.7 cm³/mol. The second-order valence-electron chi connectivity index (χ2n) is 4.27. The number of carbonyl (C=O) groups excluding carboxylic acids is 1. The average molecular weight is 271 g/mol. The predicted octanol–water partition coefficient (Wildman–Crippen LogP) is 1.77. The van der Waals surface area contributed by atoms with Crippen molar-refractivity contribution in [2.24, 2.45) is 0 Å². The number of ether oxygens (including phenoxy) is 1. The number of hydrogen-bond acceptors (Lipinski definition) is 5. The van der Waals surface area contributed by atoms with Crippen molar-refractivity contribution in [3.63, 3.8) is 0 Å². The highest BCUT2D eigenvalue weighted by Crippen LogP contribution is 2.13. The number of likely N-dealkylation sites (tertiary alicyclic amines) is 1. The van der Waals surface area contributed by atoms with Gasteiger partial charge in [0.25, 0.3) is 0 Å². The Morgan fingerprint density at radius 3 is 3.22 bits per heavy atom. The van der Waals surface area contributed by atoms with Crippen molar-refractivity contribution in [1.29, 1.82) is 0 Å². The highest BCUT2D eigenvalue weighted by Gasteiger charge is 2.20. The lowest BCUT2D eigenvalue weighted by atomic mass is 10.1. The summed E-state index contributed by atoms with van der Waals surface area (Å²) in [6, 6.07) is 1.56. The van der Waals surface area contributed by atoms with Gasteiger partial charge in [-0.25, -0.2) is 14.8 Å². The number of nitrogens with zero attached hydrogens (tertiary/aromatic N) is 3. The number of amides is 1. The summed E-state index contributed by atoms with van der Waals surface area (Å²) in [5.74, 6) is 0.337. The number of anilines is 1. The molecule has 1 atom stereocenters. The summed E-state index contributed by atoms with van der Waals surface area (Å²) in [7, 11) is 2.01. The van der Waals surface area contributed by atoms with Gasteiger partial charge in [-0.2, -0.15) is 0 Å². The van der Waals surface area contributed by atoms with Crippen LogP contribution in [0.5, 0.6) is 0 Å². The zero-order chi connectivity index (χ0) is 13.0. The fourth-order valence-electron chi connectivity index (χ4n) is 1.91. The normalized spacial score (nSPS) is 20.4. The first kappa shape index (κ1) is 13.0. The van der Waals surface area contributed by atoms with E-state index in [1.54, 1.807) is 6.07 Å². The van der Waals surface area contributed by atoms with E-state index in [1.165, 1.54) is 6.20 Å². The number of likely N-dealkylation sites (N-methyl/N-ethyl adjacent to an activating group) is 1. The van der Waals surface area contributed by atoms with Crippen LogP contribution in [-0.2, 0) is 4.74 Å². The summed E-state index contributed by atoms with van der Waals surface area (Å²) < 4.78 is 5.31. The monoisotopic (exact) mass is 270 g/mol. The first-order valence-electron chi connectivity index (χ1n) is 5.78. The van der Waals surface area contributed by atoms with Crippen LogP contribution < -0.4 is 5.32 Å². The van der Waals surface area contributed by atoms with Crippen LogP contribution in [-0.4, -0.2) is 47.2 Å². The third-order valence-electron chi connectivity index (χ3n) is 2.71. The highest BCUT2D eigenvalue weighted by atomic mass is 35.5. The van der Waals surface area contributed by atoms with Gasteiger partial charge in [-0.1, -0.05) is 0 Å². The van der Waals surface area contributed by atoms with Gasteiger partial charge in [-0.15, -0.1) is 0 Å². The molecule has 7 heteroatoms. The lowest BCUT2D eigenvalue weighted by molar-refractivity contribution is 0.0593. The third-order valence-corrected chi connectivity index (χ3v) is 2.89. The van der Waals surface area contributed by atoms with Gasteiger partial charge in [0.15, 0.2) is 0 Å². The van der Waals surface area contributed by atoms with Gasteiger partial charge in [-0.05, 0) is 44.1 Å². The molecule has 1 N–H and O–H groups in total. The Labute approximate surface area is 110 Å². The molecule has 6 nitrogen and oxygen atoms in total. The van der Waals surface area contributed by atoms with Crippen molar-refractivity contribution in [2.75, 3.05) is 25.5 Å². The number of hydrogen-bond donors (Lipinski definition) is 1. The van der Waals surface area contributed by atoms with E-state index < -0.39 is 6.09 Å². The van der Waals surface area contributed by atoms with Crippen molar-refractivity contribution in [2.45, 2.75) is 18.9 Å². The number of rotatable bonds is 2. The van der Waals surface area contributed by atoms with Gasteiger partial charge >= 0.3 is 6.09 Å². The lowest BCUT2D eigenvalue weighted by Crippen LogP contribution is -2.38. The zero-order valence-corrected chi connectivity index (χ0v) is 10.9. The Morgan fingerprint density at radius 2 is 2.50 bits per heavy atom. The first-order valence-corrected chi connectivity index (χ1v) is 6.16. The Balaban J connectivity index is 1.85. The van der Waals surface area contributed by atoms with E-state index in [4.69, 9.17) is 16.3 Å². The smallest absolute Gasteiger partial charge is 0.413 e. The maximum atomic E-state index is 11.6. The Hall–Kier alpha value is -1.40. The molecule has 0 radical (unpaired) electrons. The summed E-state index contributed by atoms with van der Waals surface area (Å²) in [5, 5.41) is 2.62. The topological polar surface area (TPSA) is 67.3 Å². The van der Waals surface area contributed by atoms with Crippen LogP contribution in [0.1, 0.15) is 12.8 Å². The number of piperidine rings is 1. The summed E-state index contributed by atoms with van der Waals surface area (Å²) in [4.78, 5) is 21.4. The summed E-state index contributed by atoms with van der Waals surface area (Å²) in [6.07, 6.45) is 2.82. The molecule has 1 aliphatic rings. The van der Waals surface area contributed by atoms with Crippen molar-refractivity contribution in [1.82, 2.24) is 14.9 Å². The first-order chi connectivity index (χ1) is 8.63. The molecule has 0 unspecified atom stereocenters. The summed E-state index contributed by atoms with van der Waals surface area (Å²) in [6.45, 7) is 1.81. The lowest BCUT2D eigenvalue weighted by Gasteiger charge is -2.29. The van der Waals surface area contributed by atoms with Crippen molar-refractivity contribution >= 4 is 23.5 Å². The van der Waals surface area contributed by atoms with Gasteiger partial charge in [0.05, 0.1) is 0 Å². The SMILES string of the molecule is CN1CCC[C@@H](OC(=O)Nc2ccnc(Cl)n2)C1. The maximum Gasteiger partial charge on any atom is 0.413 e. The van der Waals surface area contributed by atoms with Gasteiger partial charge in [0.2, 0.25) is 5.28 Å². The van der Waals surface area contributed by atoms with Crippen LogP contribution >= 0.6 is 11.6 Å². The van der Waals surface area contributed by atoms with Crippen LogP contribution in [0.25, 0.3) is 0 Å². The molecule has 1 aromatic heterocycles. The molecule has 0 bridgehead atoms. The van der Waals surface area contributed by atoms with Crippen LogP contribution in [0, 0.1) is 0 Å². The van der Waals surface area contributed by atoms with E-state index in [2.05, 4.69) is 20.2 Å². The molecule has 2 heterocycles. The largest absolute Gasteiger partial charge is 0.445 e. The van der Waals surface area contributed by atoms with E-state index in [1.807, 2.05) is 7.05 Å². The molecule has 98 valence electrons. The van der Waals surface area contributed by atoms with Crippen LogP contribution in [0.3, 0.4) is 0 Å². The van der Waals surface area contributed by atoms with E-state index in [0.29, 0.717) is 5.82 Å². The second kappa shape index (κ2) is 5.97. The van der Waals surface area contributed by atoms with Crippen molar-refractivity contribution < 1.29 is 9.53 Å². The third kappa shape index (κ3) is 3.82. The van der Waals surface area contributed by atoms with E-state index >= 15 is 0 Å². The minimum atomic E-state index is -0.509. The molecule has 1 aromatic rings. The standard InChI is InChI=1S/C11H15ClN4O2/c1-16-6-2-3-8(7-16)18-11(17)15-9-4-5-13-10(12)14-9/h4-5,8H,2-3,6-7H2,1H3,(H,13,14,15,17)/t8-/m1/s1. The summed E-state index contributed by atoms with van der Waals surface area (Å²) in [5.41, 5.74) is 0. The number of carbonyl (C=O) groups is 1. The van der Waals surface area contributed by atoms with Gasteiger partial charge in [0.1, 0.15) is 11.9 Å². The minimum absolute atomic E-state index is 0.0685. The fourth-order valence-corrected chi connectivity index (χ4v) is 2.05. The average Bonchev–Trinajstić information content (AvgIpc) is 2.28. The second-order valence-corrected chi connectivity index (χ2v) is 4.61.